The van der Waals surface area contributed by atoms with Crippen LogP contribution in [0.4, 0.5) is 0 Å². The lowest BCUT2D eigenvalue weighted by Gasteiger charge is -1.92. The van der Waals surface area contributed by atoms with E-state index in [-0.39, 0.29) is 0 Å². The Morgan fingerprint density at radius 3 is 1.67 bits per heavy atom. The van der Waals surface area contributed by atoms with E-state index in [0.29, 0.717) is 0 Å². The molecule has 0 heterocycles. The molecular weight excluding hydrogens is 86.8 g/mol. The second-order valence-corrected chi connectivity index (χ2v) is 0.579. The van der Waals surface area contributed by atoms with Crippen LogP contribution in [0.2, 0.25) is 0 Å². The second kappa shape index (κ2) is 3.07. The van der Waals surface area contributed by atoms with Crippen molar-refractivity contribution >= 4 is 7.32 Å². The van der Waals surface area contributed by atoms with Gasteiger partial charge in [0.25, 0.3) is 0 Å². The topological polar surface area (TPSA) is 90.7 Å². The molecule has 0 aliphatic heterocycles. The third kappa shape index (κ3) is 2.12. The molecule has 0 saturated carbocycles. The summed E-state index contributed by atoms with van der Waals surface area (Å²) in [4.78, 5) is 0. The monoisotopic (exact) mass is 92.0 g/mol. The van der Waals surface area contributed by atoms with Gasteiger partial charge in [0.05, 0.1) is 0 Å². The third-order valence-corrected chi connectivity index (χ3v) is 0.233. The van der Waals surface area contributed by atoms with E-state index in [9.17, 15) is 0 Å². The Morgan fingerprint density at radius 2 is 1.67 bits per heavy atom. The maximum Gasteiger partial charge on any atom is 0.671 e. The van der Waals surface area contributed by atoms with Crippen LogP contribution in [-0.2, 0) is 9.51 Å². The van der Waals surface area contributed by atoms with Gasteiger partial charge in [0, 0.05) is 0 Å². The molecule has 0 aliphatic rings. The molecule has 0 amide bonds. The molecule has 0 aromatic heterocycles. The Hall–Kier alpha value is -0.135. The Kier molecular flexibility index (Phi) is 3.00. The summed E-state index contributed by atoms with van der Waals surface area (Å²) in [5, 5.41) is 7.97. The maximum atomic E-state index is 7.97. The van der Waals surface area contributed by atoms with E-state index in [0.717, 1.165) is 0 Å². The minimum atomic E-state index is -1.51. The molecule has 36 valence electrons. The smallest absolute Gasteiger partial charge is 0.400 e. The van der Waals surface area contributed by atoms with Crippen molar-refractivity contribution in [2.24, 2.45) is 11.8 Å². The van der Waals surface area contributed by atoms with Crippen LogP contribution in [-0.4, -0.2) is 12.3 Å². The number of hydrogen-bond donors (Lipinski definition) is 3. The SMILES string of the molecule is NOB(O)ON. The molecule has 5 N–H and O–H groups in total. The van der Waals surface area contributed by atoms with Gasteiger partial charge in [0.1, 0.15) is 0 Å². The molecule has 0 rings (SSSR count). The van der Waals surface area contributed by atoms with Crippen LogP contribution in [0, 0.1) is 0 Å². The Morgan fingerprint density at radius 1 is 1.33 bits per heavy atom. The summed E-state index contributed by atoms with van der Waals surface area (Å²) >= 11 is 0. The summed E-state index contributed by atoms with van der Waals surface area (Å²) in [5.74, 6) is 8.66. The van der Waals surface area contributed by atoms with Crippen LogP contribution in [0.25, 0.3) is 0 Å². The predicted octanol–water partition coefficient (Wildman–Crippen LogP) is -2.26. The molecule has 0 spiro atoms. The van der Waals surface area contributed by atoms with E-state index in [1.165, 1.54) is 0 Å². The number of nitrogens with two attached hydrogens (primary N) is 2. The van der Waals surface area contributed by atoms with Gasteiger partial charge in [0.15, 0.2) is 0 Å². The molecule has 0 unspecified atom stereocenters. The van der Waals surface area contributed by atoms with Crippen molar-refractivity contribution < 1.29 is 14.5 Å². The molecular formula is H5BN2O3. The van der Waals surface area contributed by atoms with Crippen molar-refractivity contribution in [1.82, 2.24) is 0 Å². The highest BCUT2D eigenvalue weighted by Crippen LogP contribution is 1.64. The Labute approximate surface area is 34.9 Å². The molecule has 0 fully saturated rings. The van der Waals surface area contributed by atoms with Gasteiger partial charge in [0.2, 0.25) is 0 Å². The number of hydrogen-bond acceptors (Lipinski definition) is 5. The van der Waals surface area contributed by atoms with Gasteiger partial charge in [-0.05, 0) is 0 Å². The number of rotatable bonds is 2. The fraction of sp³-hybridized carbons (Fsp3) is 0. The maximum absolute atomic E-state index is 7.97. The van der Waals surface area contributed by atoms with Gasteiger partial charge in [-0.3, -0.25) is 0 Å². The van der Waals surface area contributed by atoms with Crippen LogP contribution in [0.1, 0.15) is 0 Å². The lowest BCUT2D eigenvalue weighted by molar-refractivity contribution is 0.136. The van der Waals surface area contributed by atoms with E-state index in [1.807, 2.05) is 0 Å². The van der Waals surface area contributed by atoms with E-state index in [4.69, 9.17) is 5.02 Å². The highest BCUT2D eigenvalue weighted by molar-refractivity contribution is 6.34. The Bertz CT molecular complexity index is 28.0. The van der Waals surface area contributed by atoms with Gasteiger partial charge < -0.3 is 14.5 Å². The standard InChI is InChI=1S/BH5N2O3/c2-5-1(4)6-3/h4H,2-3H2. The summed E-state index contributed by atoms with van der Waals surface area (Å²) < 4.78 is 7.22. The van der Waals surface area contributed by atoms with Gasteiger partial charge in [-0.2, -0.15) is 0 Å². The first-order valence-corrected chi connectivity index (χ1v) is 1.20. The average molecular weight is 91.9 g/mol. The van der Waals surface area contributed by atoms with Crippen LogP contribution in [0.5, 0.6) is 0 Å². The van der Waals surface area contributed by atoms with Gasteiger partial charge in [-0.25, -0.2) is 11.8 Å². The van der Waals surface area contributed by atoms with E-state index >= 15 is 0 Å². The van der Waals surface area contributed by atoms with Crippen molar-refractivity contribution in [3.05, 3.63) is 0 Å². The van der Waals surface area contributed by atoms with E-state index in [1.54, 1.807) is 0 Å². The summed E-state index contributed by atoms with van der Waals surface area (Å²) in [6.07, 6.45) is 0. The molecule has 0 bridgehead atoms. The zero-order chi connectivity index (χ0) is 4.99. The second-order valence-electron chi connectivity index (χ2n) is 0.579. The highest BCUT2D eigenvalue weighted by atomic mass is 16.8. The fourth-order valence-corrected chi connectivity index (χ4v) is 0.0321. The molecule has 0 aromatic rings. The molecule has 0 atom stereocenters. The molecule has 0 radical (unpaired) electrons. The van der Waals surface area contributed by atoms with E-state index < -0.39 is 7.32 Å². The Balaban J connectivity index is 2.75. The molecule has 5 nitrogen and oxygen atoms in total. The first-order valence-electron chi connectivity index (χ1n) is 1.20. The molecule has 0 aromatic carbocycles. The van der Waals surface area contributed by atoms with Crippen LogP contribution >= 0.6 is 0 Å². The predicted molar refractivity (Wildman–Crippen MR) is 18.5 cm³/mol. The molecule has 6 heteroatoms. The first kappa shape index (κ1) is 5.86. The molecule has 0 aliphatic carbocycles. The van der Waals surface area contributed by atoms with Crippen molar-refractivity contribution in [3.63, 3.8) is 0 Å². The zero-order valence-electron chi connectivity index (χ0n) is 3.00. The summed E-state index contributed by atoms with van der Waals surface area (Å²) in [7, 11) is -1.51. The van der Waals surface area contributed by atoms with Gasteiger partial charge in [-0.15, -0.1) is 0 Å². The molecule has 6 heavy (non-hydrogen) atoms. The summed E-state index contributed by atoms with van der Waals surface area (Å²) in [6.45, 7) is 0. The normalized spacial score (nSPS) is 8.50. The molecule has 0 saturated heterocycles. The third-order valence-electron chi connectivity index (χ3n) is 0.233. The van der Waals surface area contributed by atoms with Crippen LogP contribution in [0.3, 0.4) is 0 Å². The quantitative estimate of drug-likeness (QED) is 0.264. The van der Waals surface area contributed by atoms with E-state index in [2.05, 4.69) is 21.3 Å². The van der Waals surface area contributed by atoms with Crippen molar-refractivity contribution in [2.75, 3.05) is 0 Å². The minimum absolute atomic E-state index is 1.51. The lowest BCUT2D eigenvalue weighted by atomic mass is 10.3. The van der Waals surface area contributed by atoms with Crippen molar-refractivity contribution in [3.8, 4) is 0 Å². The van der Waals surface area contributed by atoms with Crippen molar-refractivity contribution in [1.29, 1.82) is 0 Å². The average Bonchev–Trinajstić information content (AvgIpc) is 1.65. The first-order chi connectivity index (χ1) is 2.81. The van der Waals surface area contributed by atoms with Crippen molar-refractivity contribution in [2.45, 2.75) is 0 Å². The largest absolute Gasteiger partial charge is 0.671 e. The summed E-state index contributed by atoms with van der Waals surface area (Å²) in [6, 6.07) is 0. The summed E-state index contributed by atoms with van der Waals surface area (Å²) in [5.41, 5.74) is 0. The van der Waals surface area contributed by atoms with Crippen LogP contribution < -0.4 is 11.8 Å². The zero-order valence-corrected chi connectivity index (χ0v) is 3.00. The minimum Gasteiger partial charge on any atom is -0.400 e. The van der Waals surface area contributed by atoms with Gasteiger partial charge >= 0.3 is 7.32 Å². The van der Waals surface area contributed by atoms with Crippen LogP contribution in [0.15, 0.2) is 0 Å². The lowest BCUT2D eigenvalue weighted by Crippen LogP contribution is -2.28. The fourth-order valence-electron chi connectivity index (χ4n) is 0.0321. The highest BCUT2D eigenvalue weighted by Gasteiger charge is 2.09. The van der Waals surface area contributed by atoms with Gasteiger partial charge in [-0.1, -0.05) is 0 Å².